The Morgan fingerprint density at radius 2 is 1.31 bits per heavy atom. The van der Waals surface area contributed by atoms with Gasteiger partial charge in [-0.2, -0.15) is 0 Å². The molecule has 0 aromatic heterocycles. The quantitative estimate of drug-likeness (QED) is 0.247. The molecule has 0 fully saturated rings. The molecule has 1 heteroatoms. The fourth-order valence-electron chi connectivity index (χ4n) is 1.58. The first-order valence-electron chi connectivity index (χ1n) is 6.79. The summed E-state index contributed by atoms with van der Waals surface area (Å²) in [6.07, 6.45) is 20.9. The lowest BCUT2D eigenvalue weighted by Crippen LogP contribution is -1.79. The van der Waals surface area contributed by atoms with Crippen LogP contribution in [-0.4, -0.2) is 5.33 Å². The molecule has 0 unspecified atom stereocenters. The van der Waals surface area contributed by atoms with Gasteiger partial charge in [0, 0.05) is 5.33 Å². The summed E-state index contributed by atoms with van der Waals surface area (Å²) in [5.74, 6) is 0. The molecule has 0 saturated carbocycles. The average Bonchev–Trinajstić information content (AvgIpc) is 2.31. The van der Waals surface area contributed by atoms with Gasteiger partial charge in [-0.25, -0.2) is 0 Å². The molecule has 0 aromatic rings. The van der Waals surface area contributed by atoms with Crippen molar-refractivity contribution in [1.82, 2.24) is 0 Å². The Bertz CT molecular complexity index is 170. The first kappa shape index (κ1) is 16.0. The largest absolute Gasteiger partial charge is 0.0928 e. The minimum absolute atomic E-state index is 1.17. The van der Waals surface area contributed by atoms with Crippen LogP contribution in [0.3, 0.4) is 0 Å². The van der Waals surface area contributed by atoms with E-state index in [1.807, 2.05) is 0 Å². The van der Waals surface area contributed by atoms with Gasteiger partial charge in [-0.3, -0.25) is 0 Å². The first-order valence-corrected chi connectivity index (χ1v) is 7.91. The highest BCUT2D eigenvalue weighted by Crippen LogP contribution is 2.08. The number of halogens is 1. The van der Waals surface area contributed by atoms with Crippen molar-refractivity contribution < 1.29 is 0 Å². The average molecular weight is 287 g/mol. The second-order valence-electron chi connectivity index (χ2n) is 4.24. The zero-order valence-electron chi connectivity index (χ0n) is 10.8. The topological polar surface area (TPSA) is 0 Å². The molecular weight excluding hydrogens is 260 g/mol. The Hall–Kier alpha value is -0.0400. The van der Waals surface area contributed by atoms with Crippen LogP contribution in [0.2, 0.25) is 0 Å². The van der Waals surface area contributed by atoms with Crippen LogP contribution in [0, 0.1) is 0 Å². The lowest BCUT2D eigenvalue weighted by molar-refractivity contribution is 0.614. The van der Waals surface area contributed by atoms with E-state index in [0.29, 0.717) is 0 Å². The van der Waals surface area contributed by atoms with E-state index in [1.165, 1.54) is 63.1 Å². The molecule has 0 rings (SSSR count). The lowest BCUT2D eigenvalue weighted by atomic mass is 10.1. The van der Waals surface area contributed by atoms with E-state index in [0.717, 1.165) is 0 Å². The molecule has 0 radical (unpaired) electrons. The van der Waals surface area contributed by atoms with E-state index >= 15 is 0 Å². The number of rotatable bonds is 11. The highest BCUT2D eigenvalue weighted by atomic mass is 79.9. The van der Waals surface area contributed by atoms with E-state index in [2.05, 4.69) is 47.2 Å². The van der Waals surface area contributed by atoms with Crippen LogP contribution in [0.1, 0.15) is 64.7 Å². The highest BCUT2D eigenvalue weighted by Gasteiger charge is 1.89. The maximum absolute atomic E-state index is 3.46. The lowest BCUT2D eigenvalue weighted by Gasteiger charge is -1.98. The van der Waals surface area contributed by atoms with Crippen molar-refractivity contribution in [3.63, 3.8) is 0 Å². The normalized spacial score (nSPS) is 11.9. The Morgan fingerprint density at radius 3 is 1.94 bits per heavy atom. The summed E-state index contributed by atoms with van der Waals surface area (Å²) in [5, 5.41) is 1.17. The molecule has 0 aromatic carbocycles. The number of unbranched alkanes of at least 4 members (excludes halogenated alkanes) is 7. The van der Waals surface area contributed by atoms with Gasteiger partial charge in [-0.05, 0) is 25.7 Å². The number of hydrogen-bond donors (Lipinski definition) is 0. The molecule has 0 aliphatic carbocycles. The van der Waals surface area contributed by atoms with Crippen LogP contribution < -0.4 is 0 Å². The third-order valence-electron chi connectivity index (χ3n) is 2.59. The second-order valence-corrected chi connectivity index (χ2v) is 5.04. The summed E-state index contributed by atoms with van der Waals surface area (Å²) in [6, 6.07) is 0. The van der Waals surface area contributed by atoms with Gasteiger partial charge in [-0.15, -0.1) is 0 Å². The monoisotopic (exact) mass is 286 g/mol. The van der Waals surface area contributed by atoms with Gasteiger partial charge in [0.25, 0.3) is 0 Å². The third-order valence-corrected chi connectivity index (χ3v) is 3.15. The van der Waals surface area contributed by atoms with Gasteiger partial charge in [0.05, 0.1) is 0 Å². The van der Waals surface area contributed by atoms with E-state index in [4.69, 9.17) is 0 Å². The van der Waals surface area contributed by atoms with Crippen LogP contribution in [0.5, 0.6) is 0 Å². The fraction of sp³-hybridized carbons (Fsp3) is 0.733. The van der Waals surface area contributed by atoms with Crippen molar-refractivity contribution in [2.24, 2.45) is 0 Å². The molecule has 0 aliphatic rings. The van der Waals surface area contributed by atoms with Crippen molar-refractivity contribution in [3.8, 4) is 0 Å². The molecule has 0 nitrogen and oxygen atoms in total. The highest BCUT2D eigenvalue weighted by molar-refractivity contribution is 9.09. The number of allylic oxidation sites excluding steroid dienone is 4. The van der Waals surface area contributed by atoms with Gasteiger partial charge < -0.3 is 0 Å². The standard InChI is InChI=1S/C15H27Br/c1-2-3-4-5-6-7-8-9-10-11-12-13-14-15-16/h4-7H,2-3,8-15H2,1H3. The molecule has 0 heterocycles. The smallest absolute Gasteiger partial charge is 0.00313 e. The summed E-state index contributed by atoms with van der Waals surface area (Å²) in [6.45, 7) is 2.21. The third kappa shape index (κ3) is 14.0. The summed E-state index contributed by atoms with van der Waals surface area (Å²) in [4.78, 5) is 0. The first-order chi connectivity index (χ1) is 7.91. The van der Waals surface area contributed by atoms with Gasteiger partial charge in [0.15, 0.2) is 0 Å². The van der Waals surface area contributed by atoms with E-state index in [-0.39, 0.29) is 0 Å². The number of hydrogen-bond acceptors (Lipinski definition) is 0. The zero-order chi connectivity index (χ0) is 11.9. The van der Waals surface area contributed by atoms with Gasteiger partial charge in [-0.1, -0.05) is 79.3 Å². The Balaban J connectivity index is 3.08. The van der Waals surface area contributed by atoms with Crippen LogP contribution in [-0.2, 0) is 0 Å². The molecule has 0 spiro atoms. The minimum atomic E-state index is 1.17. The van der Waals surface area contributed by atoms with Crippen LogP contribution in [0.15, 0.2) is 24.3 Å². The summed E-state index contributed by atoms with van der Waals surface area (Å²) in [5.41, 5.74) is 0. The number of alkyl halides is 1. The predicted octanol–water partition coefficient (Wildman–Crippen LogP) is 6.02. The Morgan fingerprint density at radius 1 is 0.750 bits per heavy atom. The SMILES string of the molecule is CCCC=CC=CCCCCCCCCBr. The summed E-state index contributed by atoms with van der Waals surface area (Å²) < 4.78 is 0. The molecule has 16 heavy (non-hydrogen) atoms. The van der Waals surface area contributed by atoms with E-state index in [1.54, 1.807) is 0 Å². The van der Waals surface area contributed by atoms with Crippen LogP contribution in [0.4, 0.5) is 0 Å². The van der Waals surface area contributed by atoms with Crippen molar-refractivity contribution in [3.05, 3.63) is 24.3 Å². The molecule has 0 bridgehead atoms. The van der Waals surface area contributed by atoms with Crippen LogP contribution >= 0.6 is 15.9 Å². The van der Waals surface area contributed by atoms with Gasteiger partial charge >= 0.3 is 0 Å². The molecule has 0 atom stereocenters. The van der Waals surface area contributed by atoms with E-state index in [9.17, 15) is 0 Å². The summed E-state index contributed by atoms with van der Waals surface area (Å²) >= 11 is 3.46. The van der Waals surface area contributed by atoms with Crippen molar-refractivity contribution in [2.45, 2.75) is 64.7 Å². The maximum atomic E-state index is 3.46. The van der Waals surface area contributed by atoms with Crippen molar-refractivity contribution >= 4 is 15.9 Å². The molecule has 94 valence electrons. The second kappa shape index (κ2) is 15.0. The summed E-state index contributed by atoms with van der Waals surface area (Å²) in [7, 11) is 0. The van der Waals surface area contributed by atoms with Gasteiger partial charge in [0.2, 0.25) is 0 Å². The molecule has 0 saturated heterocycles. The minimum Gasteiger partial charge on any atom is -0.0928 e. The van der Waals surface area contributed by atoms with Crippen LogP contribution in [0.25, 0.3) is 0 Å². The van der Waals surface area contributed by atoms with Crippen molar-refractivity contribution in [2.75, 3.05) is 5.33 Å². The molecule has 0 N–H and O–H groups in total. The fourth-order valence-corrected chi connectivity index (χ4v) is 1.98. The Kier molecular flexibility index (Phi) is 14.9. The molecular formula is C15H27Br. The van der Waals surface area contributed by atoms with Gasteiger partial charge in [0.1, 0.15) is 0 Å². The molecule has 0 aliphatic heterocycles. The van der Waals surface area contributed by atoms with Crippen molar-refractivity contribution in [1.29, 1.82) is 0 Å². The molecule has 0 amide bonds. The van der Waals surface area contributed by atoms with E-state index < -0.39 is 0 Å². The predicted molar refractivity (Wildman–Crippen MR) is 79.3 cm³/mol. The zero-order valence-corrected chi connectivity index (χ0v) is 12.3. The maximum Gasteiger partial charge on any atom is 0.00313 e. The Labute approximate surface area is 110 Å².